The van der Waals surface area contributed by atoms with Gasteiger partial charge < -0.3 is 4.74 Å². The Labute approximate surface area is 118 Å². The van der Waals surface area contributed by atoms with Crippen LogP contribution < -0.4 is 0 Å². The second-order valence-corrected chi connectivity index (χ2v) is 5.00. The van der Waals surface area contributed by atoms with E-state index in [1.807, 2.05) is 30.3 Å². The zero-order valence-electron chi connectivity index (χ0n) is 12.2. The molecule has 1 heterocycles. The highest BCUT2D eigenvalue weighted by atomic mass is 16.5. The number of ether oxygens (including phenoxy) is 1. The van der Waals surface area contributed by atoms with Crippen molar-refractivity contribution >= 4 is 11.6 Å². The lowest BCUT2D eigenvalue weighted by atomic mass is 9.79. The number of rotatable bonds is 3. The average Bonchev–Trinajstić information content (AvgIpc) is 2.37. The first kappa shape index (κ1) is 14.3. The van der Waals surface area contributed by atoms with Crippen molar-refractivity contribution < 1.29 is 14.3 Å². The molecule has 1 aromatic rings. The number of carbonyl (C=O) groups is 2. The molecule has 1 aliphatic heterocycles. The Balaban J connectivity index is 2.67. The summed E-state index contributed by atoms with van der Waals surface area (Å²) in [5.74, 6) is 0.688. The van der Waals surface area contributed by atoms with Gasteiger partial charge in [-0.25, -0.2) is 0 Å². The van der Waals surface area contributed by atoms with Gasteiger partial charge in [-0.15, -0.1) is 0 Å². The van der Waals surface area contributed by atoms with Crippen LogP contribution in [0.2, 0.25) is 0 Å². The Morgan fingerprint density at radius 2 is 1.35 bits per heavy atom. The number of Topliss-reactive ketones (excluding diaryl/α,β-unsaturated/α-hetero) is 2. The Bertz CT molecular complexity index is 585. The summed E-state index contributed by atoms with van der Waals surface area (Å²) >= 11 is 0. The molecule has 0 atom stereocenters. The van der Waals surface area contributed by atoms with E-state index in [1.165, 1.54) is 13.8 Å². The fourth-order valence-corrected chi connectivity index (χ4v) is 2.77. The van der Waals surface area contributed by atoms with Crippen LogP contribution in [-0.2, 0) is 14.3 Å². The first-order valence-electron chi connectivity index (χ1n) is 6.59. The highest BCUT2D eigenvalue weighted by molar-refractivity contribution is 6.03. The maximum atomic E-state index is 12.0. The maximum Gasteiger partial charge on any atom is 0.160 e. The predicted molar refractivity (Wildman–Crippen MR) is 77.0 cm³/mol. The predicted octanol–water partition coefficient (Wildman–Crippen LogP) is 3.53. The molecule has 0 spiro atoms. The van der Waals surface area contributed by atoms with E-state index in [1.54, 1.807) is 13.8 Å². The smallest absolute Gasteiger partial charge is 0.160 e. The molecule has 0 fully saturated rings. The molecule has 0 radical (unpaired) electrons. The molecule has 0 saturated heterocycles. The number of ketones is 2. The number of carbonyl (C=O) groups excluding carboxylic acids is 2. The van der Waals surface area contributed by atoms with Gasteiger partial charge >= 0.3 is 0 Å². The molecule has 1 aromatic carbocycles. The molecule has 3 heteroatoms. The lowest BCUT2D eigenvalue weighted by molar-refractivity contribution is -0.114. The minimum absolute atomic E-state index is 0.0670. The summed E-state index contributed by atoms with van der Waals surface area (Å²) in [5, 5.41) is 0. The van der Waals surface area contributed by atoms with Crippen molar-refractivity contribution in [3.8, 4) is 0 Å². The SMILES string of the molecule is CC(=O)C1=C(C)OC(C)=C(C(C)=O)C1c1ccccc1. The minimum atomic E-state index is -0.333. The molecule has 0 N–H and O–H groups in total. The van der Waals surface area contributed by atoms with E-state index in [0.717, 1.165) is 5.56 Å². The van der Waals surface area contributed by atoms with Gasteiger partial charge in [-0.2, -0.15) is 0 Å². The third kappa shape index (κ3) is 2.44. The van der Waals surface area contributed by atoms with Gasteiger partial charge in [0, 0.05) is 17.1 Å². The Morgan fingerprint density at radius 3 is 1.75 bits per heavy atom. The summed E-state index contributed by atoms with van der Waals surface area (Å²) in [6.07, 6.45) is 0. The third-order valence-electron chi connectivity index (χ3n) is 3.53. The van der Waals surface area contributed by atoms with E-state index in [9.17, 15) is 9.59 Å². The molecule has 0 unspecified atom stereocenters. The highest BCUT2D eigenvalue weighted by Gasteiger charge is 2.34. The van der Waals surface area contributed by atoms with Crippen LogP contribution in [0.5, 0.6) is 0 Å². The van der Waals surface area contributed by atoms with E-state index >= 15 is 0 Å². The highest BCUT2D eigenvalue weighted by Crippen LogP contribution is 2.40. The zero-order valence-corrected chi connectivity index (χ0v) is 12.2. The number of hydrogen-bond donors (Lipinski definition) is 0. The maximum absolute atomic E-state index is 12.0. The van der Waals surface area contributed by atoms with E-state index in [4.69, 9.17) is 4.74 Å². The molecule has 20 heavy (non-hydrogen) atoms. The summed E-state index contributed by atoms with van der Waals surface area (Å²) in [4.78, 5) is 24.0. The molecule has 2 rings (SSSR count). The molecule has 0 amide bonds. The Hall–Kier alpha value is -2.16. The van der Waals surface area contributed by atoms with Crippen LogP contribution in [-0.4, -0.2) is 11.6 Å². The van der Waals surface area contributed by atoms with Crippen LogP contribution >= 0.6 is 0 Å². The van der Waals surface area contributed by atoms with Crippen molar-refractivity contribution in [2.24, 2.45) is 0 Å². The van der Waals surface area contributed by atoms with Gasteiger partial charge in [-0.3, -0.25) is 9.59 Å². The first-order chi connectivity index (χ1) is 9.43. The van der Waals surface area contributed by atoms with E-state index in [2.05, 4.69) is 0 Å². The van der Waals surface area contributed by atoms with Gasteiger partial charge in [0.2, 0.25) is 0 Å². The second kappa shape index (κ2) is 5.45. The molecule has 0 bridgehead atoms. The van der Waals surface area contributed by atoms with Gasteiger partial charge in [-0.1, -0.05) is 30.3 Å². The summed E-state index contributed by atoms with van der Waals surface area (Å²) in [6, 6.07) is 9.59. The Morgan fingerprint density at radius 1 is 0.900 bits per heavy atom. The number of allylic oxidation sites excluding steroid dienone is 4. The van der Waals surface area contributed by atoms with Crippen molar-refractivity contribution in [3.05, 3.63) is 58.6 Å². The standard InChI is InChI=1S/C17H18O3/c1-10(18)15-12(3)20-13(4)16(11(2)19)17(15)14-8-6-5-7-9-14/h5-9,17H,1-4H3. The van der Waals surface area contributed by atoms with Crippen molar-refractivity contribution in [3.63, 3.8) is 0 Å². The van der Waals surface area contributed by atoms with Crippen LogP contribution in [0.3, 0.4) is 0 Å². The molecule has 104 valence electrons. The summed E-state index contributed by atoms with van der Waals surface area (Å²) < 4.78 is 5.60. The monoisotopic (exact) mass is 270 g/mol. The van der Waals surface area contributed by atoms with Crippen LogP contribution in [0.1, 0.15) is 39.2 Å². The van der Waals surface area contributed by atoms with Crippen LogP contribution in [0.15, 0.2) is 53.0 Å². The minimum Gasteiger partial charge on any atom is -0.466 e. The molecule has 0 aromatic heterocycles. The van der Waals surface area contributed by atoms with Gasteiger partial charge in [0.25, 0.3) is 0 Å². The molecular weight excluding hydrogens is 252 g/mol. The van der Waals surface area contributed by atoms with Gasteiger partial charge in [-0.05, 0) is 33.3 Å². The van der Waals surface area contributed by atoms with E-state index in [0.29, 0.717) is 22.7 Å². The largest absolute Gasteiger partial charge is 0.466 e. The Kier molecular flexibility index (Phi) is 3.89. The van der Waals surface area contributed by atoms with Crippen LogP contribution in [0.4, 0.5) is 0 Å². The summed E-state index contributed by atoms with van der Waals surface area (Å²) in [7, 11) is 0. The lowest BCUT2D eigenvalue weighted by Crippen LogP contribution is -2.23. The van der Waals surface area contributed by atoms with Crippen molar-refractivity contribution in [1.29, 1.82) is 0 Å². The fraction of sp³-hybridized carbons (Fsp3) is 0.294. The average molecular weight is 270 g/mol. The molecule has 1 aliphatic rings. The van der Waals surface area contributed by atoms with Crippen molar-refractivity contribution in [2.75, 3.05) is 0 Å². The third-order valence-corrected chi connectivity index (χ3v) is 3.53. The summed E-state index contributed by atoms with van der Waals surface area (Å²) in [5.41, 5.74) is 2.06. The topological polar surface area (TPSA) is 43.4 Å². The van der Waals surface area contributed by atoms with Crippen LogP contribution in [0.25, 0.3) is 0 Å². The van der Waals surface area contributed by atoms with Gasteiger partial charge in [0.05, 0.1) is 0 Å². The van der Waals surface area contributed by atoms with Crippen molar-refractivity contribution in [2.45, 2.75) is 33.6 Å². The van der Waals surface area contributed by atoms with Crippen molar-refractivity contribution in [1.82, 2.24) is 0 Å². The number of benzene rings is 1. The molecular formula is C17H18O3. The van der Waals surface area contributed by atoms with Gasteiger partial charge in [0.15, 0.2) is 11.6 Å². The molecule has 0 saturated carbocycles. The molecule has 0 aliphatic carbocycles. The lowest BCUT2D eigenvalue weighted by Gasteiger charge is -2.29. The molecule has 3 nitrogen and oxygen atoms in total. The van der Waals surface area contributed by atoms with Crippen LogP contribution in [0, 0.1) is 0 Å². The van der Waals surface area contributed by atoms with Gasteiger partial charge in [0.1, 0.15) is 11.5 Å². The zero-order chi connectivity index (χ0) is 14.9. The quantitative estimate of drug-likeness (QED) is 0.844. The normalized spacial score (nSPS) is 16.2. The summed E-state index contributed by atoms with van der Waals surface area (Å²) in [6.45, 7) is 6.56. The number of hydrogen-bond acceptors (Lipinski definition) is 3. The van der Waals surface area contributed by atoms with E-state index < -0.39 is 0 Å². The second-order valence-electron chi connectivity index (χ2n) is 5.00. The fourth-order valence-electron chi connectivity index (χ4n) is 2.77. The van der Waals surface area contributed by atoms with E-state index in [-0.39, 0.29) is 17.5 Å². The first-order valence-corrected chi connectivity index (χ1v) is 6.59.